The van der Waals surface area contributed by atoms with Crippen LogP contribution in [0.2, 0.25) is 0 Å². The van der Waals surface area contributed by atoms with Gasteiger partial charge in [-0.05, 0) is 39.3 Å². The molecule has 130 valence electrons. The van der Waals surface area contributed by atoms with Gasteiger partial charge >= 0.3 is 6.03 Å². The highest BCUT2D eigenvalue weighted by atomic mass is 16.2. The summed E-state index contributed by atoms with van der Waals surface area (Å²) in [6.07, 6.45) is 4.69. The van der Waals surface area contributed by atoms with Gasteiger partial charge in [-0.2, -0.15) is 0 Å². The number of amides is 3. The van der Waals surface area contributed by atoms with Crippen molar-refractivity contribution in [2.75, 3.05) is 46.3 Å². The number of rotatable bonds is 6. The first-order valence-corrected chi connectivity index (χ1v) is 8.73. The lowest BCUT2D eigenvalue weighted by Crippen LogP contribution is -2.49. The molecule has 1 saturated heterocycles. The van der Waals surface area contributed by atoms with Crippen molar-refractivity contribution < 1.29 is 9.59 Å². The lowest BCUT2D eigenvalue weighted by Gasteiger charge is -2.33. The molecular weight excluding hydrogens is 292 g/mol. The summed E-state index contributed by atoms with van der Waals surface area (Å²) in [5.41, 5.74) is 1.29. The molecule has 6 nitrogen and oxygen atoms in total. The van der Waals surface area contributed by atoms with Crippen LogP contribution < -0.4 is 5.32 Å². The van der Waals surface area contributed by atoms with E-state index in [-0.39, 0.29) is 18.0 Å². The standard InChI is InChI=1S/C17H30N4O2/c1-4-20(5-2)17(23)21(13-15-8-9-16(22)18-15)12-14-7-6-10-19(3)11-14/h7,15H,4-6,8-13H2,1-3H3,(H,18,22)/t15-/m0/s1. The molecule has 0 bridgehead atoms. The second-order valence-corrected chi connectivity index (χ2v) is 6.53. The number of nitrogens with one attached hydrogen (secondary N) is 1. The van der Waals surface area contributed by atoms with Gasteiger partial charge in [0, 0.05) is 51.7 Å². The first kappa shape index (κ1) is 17.8. The van der Waals surface area contributed by atoms with Crippen molar-refractivity contribution in [3.63, 3.8) is 0 Å². The smallest absolute Gasteiger partial charge is 0.320 e. The normalized spacial score (nSPS) is 21.8. The van der Waals surface area contributed by atoms with E-state index in [9.17, 15) is 9.59 Å². The van der Waals surface area contributed by atoms with E-state index in [1.165, 1.54) is 5.57 Å². The molecule has 23 heavy (non-hydrogen) atoms. The molecule has 0 unspecified atom stereocenters. The van der Waals surface area contributed by atoms with Crippen molar-refractivity contribution in [1.82, 2.24) is 20.0 Å². The minimum absolute atomic E-state index is 0.0743. The fourth-order valence-corrected chi connectivity index (χ4v) is 3.32. The van der Waals surface area contributed by atoms with Gasteiger partial charge < -0.3 is 20.0 Å². The Labute approximate surface area is 139 Å². The first-order valence-electron chi connectivity index (χ1n) is 8.73. The third-order valence-corrected chi connectivity index (χ3v) is 4.64. The Morgan fingerprint density at radius 3 is 2.65 bits per heavy atom. The molecular formula is C17H30N4O2. The zero-order valence-corrected chi connectivity index (χ0v) is 14.7. The molecule has 0 aromatic carbocycles. The minimum atomic E-state index is 0.0743. The van der Waals surface area contributed by atoms with Gasteiger partial charge in [0.2, 0.25) is 5.91 Å². The summed E-state index contributed by atoms with van der Waals surface area (Å²) >= 11 is 0. The second-order valence-electron chi connectivity index (χ2n) is 6.53. The number of urea groups is 1. The van der Waals surface area contributed by atoms with E-state index in [2.05, 4.69) is 23.3 Å². The van der Waals surface area contributed by atoms with Crippen molar-refractivity contribution in [2.24, 2.45) is 0 Å². The highest BCUT2D eigenvalue weighted by Gasteiger charge is 2.28. The molecule has 0 aromatic heterocycles. The van der Waals surface area contributed by atoms with Crippen molar-refractivity contribution in [2.45, 2.75) is 39.2 Å². The van der Waals surface area contributed by atoms with Gasteiger partial charge in [0.15, 0.2) is 0 Å². The van der Waals surface area contributed by atoms with Crippen LogP contribution in [0.25, 0.3) is 0 Å². The number of nitrogens with zero attached hydrogens (tertiary/aromatic N) is 3. The van der Waals surface area contributed by atoms with Crippen molar-refractivity contribution in [1.29, 1.82) is 0 Å². The van der Waals surface area contributed by atoms with Crippen LogP contribution in [0.5, 0.6) is 0 Å². The fraction of sp³-hybridized carbons (Fsp3) is 0.765. The monoisotopic (exact) mass is 322 g/mol. The third kappa shape index (κ3) is 4.96. The lowest BCUT2D eigenvalue weighted by molar-refractivity contribution is -0.119. The molecule has 2 aliphatic heterocycles. The van der Waals surface area contributed by atoms with E-state index >= 15 is 0 Å². The number of hydrogen-bond acceptors (Lipinski definition) is 3. The first-order chi connectivity index (χ1) is 11.0. The van der Waals surface area contributed by atoms with E-state index in [4.69, 9.17) is 0 Å². The van der Waals surface area contributed by atoms with Gasteiger partial charge in [-0.3, -0.25) is 4.79 Å². The summed E-state index contributed by atoms with van der Waals surface area (Å²) in [4.78, 5) is 30.3. The van der Waals surface area contributed by atoms with E-state index in [1.807, 2.05) is 23.6 Å². The van der Waals surface area contributed by atoms with Crippen LogP contribution in [0.1, 0.15) is 33.1 Å². The molecule has 2 rings (SSSR count). The van der Waals surface area contributed by atoms with Gasteiger partial charge in [-0.1, -0.05) is 6.08 Å². The number of likely N-dealkylation sites (N-methyl/N-ethyl adjacent to an activating group) is 1. The van der Waals surface area contributed by atoms with Gasteiger partial charge in [0.1, 0.15) is 0 Å². The van der Waals surface area contributed by atoms with Gasteiger partial charge in [-0.25, -0.2) is 4.79 Å². The maximum absolute atomic E-state index is 12.8. The molecule has 2 heterocycles. The summed E-state index contributed by atoms with van der Waals surface area (Å²) in [5.74, 6) is 0.0989. The Bertz CT molecular complexity index is 460. The predicted molar refractivity (Wildman–Crippen MR) is 91.3 cm³/mol. The van der Waals surface area contributed by atoms with E-state index in [1.54, 1.807) is 0 Å². The van der Waals surface area contributed by atoms with Crippen LogP contribution in [0, 0.1) is 0 Å². The molecule has 1 atom stereocenters. The second kappa shape index (κ2) is 8.34. The maximum Gasteiger partial charge on any atom is 0.320 e. The molecule has 2 aliphatic rings. The molecule has 1 N–H and O–H groups in total. The SMILES string of the molecule is CCN(CC)C(=O)N(CC1=CCCN(C)C1)C[C@@H]1CCC(=O)N1. The number of hydrogen-bond donors (Lipinski definition) is 1. The van der Waals surface area contributed by atoms with Crippen molar-refractivity contribution >= 4 is 11.9 Å². The summed E-state index contributed by atoms with van der Waals surface area (Å²) in [6, 6.07) is 0.161. The molecule has 3 amide bonds. The molecule has 0 aliphatic carbocycles. The Kier molecular flexibility index (Phi) is 6.45. The van der Waals surface area contributed by atoms with Gasteiger partial charge in [0.25, 0.3) is 0 Å². The zero-order valence-electron chi connectivity index (χ0n) is 14.7. The lowest BCUT2D eigenvalue weighted by atomic mass is 10.1. The molecule has 1 fully saturated rings. The van der Waals surface area contributed by atoms with Crippen LogP contribution in [0.15, 0.2) is 11.6 Å². The highest BCUT2D eigenvalue weighted by molar-refractivity contribution is 5.79. The topological polar surface area (TPSA) is 55.9 Å². The minimum Gasteiger partial charge on any atom is -0.352 e. The molecule has 6 heteroatoms. The van der Waals surface area contributed by atoms with Crippen LogP contribution in [0.4, 0.5) is 4.79 Å². The van der Waals surface area contributed by atoms with Gasteiger partial charge in [0.05, 0.1) is 0 Å². The Hall–Kier alpha value is -1.56. The number of carbonyl (C=O) groups is 2. The molecule has 0 spiro atoms. The van der Waals surface area contributed by atoms with Crippen molar-refractivity contribution in [3.05, 3.63) is 11.6 Å². The summed E-state index contributed by atoms with van der Waals surface area (Å²) in [7, 11) is 2.11. The van der Waals surface area contributed by atoms with E-state index in [0.29, 0.717) is 32.6 Å². The zero-order chi connectivity index (χ0) is 16.8. The molecule has 0 saturated carbocycles. The van der Waals surface area contributed by atoms with Crippen LogP contribution in [-0.2, 0) is 4.79 Å². The fourth-order valence-electron chi connectivity index (χ4n) is 3.32. The third-order valence-electron chi connectivity index (χ3n) is 4.64. The van der Waals surface area contributed by atoms with Crippen molar-refractivity contribution in [3.8, 4) is 0 Å². The van der Waals surface area contributed by atoms with Crippen LogP contribution in [-0.4, -0.2) is 79.0 Å². The molecule has 0 aromatic rings. The summed E-state index contributed by atoms with van der Waals surface area (Å²) < 4.78 is 0. The summed E-state index contributed by atoms with van der Waals surface area (Å²) in [6.45, 7) is 8.68. The highest BCUT2D eigenvalue weighted by Crippen LogP contribution is 2.14. The van der Waals surface area contributed by atoms with Crippen LogP contribution >= 0.6 is 0 Å². The quantitative estimate of drug-likeness (QED) is 0.750. The Morgan fingerprint density at radius 2 is 2.09 bits per heavy atom. The Balaban J connectivity index is 2.05. The van der Waals surface area contributed by atoms with E-state index < -0.39 is 0 Å². The average molecular weight is 322 g/mol. The van der Waals surface area contributed by atoms with Crippen LogP contribution in [0.3, 0.4) is 0 Å². The largest absolute Gasteiger partial charge is 0.352 e. The van der Waals surface area contributed by atoms with Gasteiger partial charge in [-0.15, -0.1) is 0 Å². The van der Waals surface area contributed by atoms with E-state index in [0.717, 1.165) is 25.9 Å². The molecule has 0 radical (unpaired) electrons. The number of carbonyl (C=O) groups excluding carboxylic acids is 2. The Morgan fingerprint density at radius 1 is 1.35 bits per heavy atom. The maximum atomic E-state index is 12.8. The average Bonchev–Trinajstić information content (AvgIpc) is 2.93. The predicted octanol–water partition coefficient (Wildman–Crippen LogP) is 1.29. The summed E-state index contributed by atoms with van der Waals surface area (Å²) in [5, 5.41) is 2.98.